The minimum absolute atomic E-state index is 0.0980. The number of methoxy groups -OCH3 is 1. The number of nitriles is 1. The van der Waals surface area contributed by atoms with Gasteiger partial charge in [0.15, 0.2) is 0 Å². The Morgan fingerprint density at radius 2 is 1.97 bits per heavy atom. The molecule has 0 saturated carbocycles. The average Bonchev–Trinajstić information content (AvgIpc) is 2.75. The first-order chi connectivity index (χ1) is 14.3. The van der Waals surface area contributed by atoms with Crippen molar-refractivity contribution in [2.75, 3.05) is 19.0 Å². The number of rotatable bonds is 7. The van der Waals surface area contributed by atoms with Crippen molar-refractivity contribution < 1.29 is 13.5 Å². The van der Waals surface area contributed by atoms with Gasteiger partial charge in [-0.1, -0.05) is 41.9 Å². The van der Waals surface area contributed by atoms with Crippen molar-refractivity contribution >= 4 is 17.4 Å². The number of nitrogens with one attached hydrogen (secondary N) is 1. The van der Waals surface area contributed by atoms with E-state index in [1.165, 1.54) is 25.3 Å². The summed E-state index contributed by atoms with van der Waals surface area (Å²) >= 11 is 6.27. The number of benzene rings is 2. The molecular formula is C22H19ClF2N4O. The van der Waals surface area contributed by atoms with Gasteiger partial charge in [0, 0.05) is 28.8 Å². The second kappa shape index (κ2) is 9.06. The predicted octanol–water partition coefficient (Wildman–Crippen LogP) is 5.38. The summed E-state index contributed by atoms with van der Waals surface area (Å²) < 4.78 is 32.6. The van der Waals surface area contributed by atoms with Gasteiger partial charge in [-0.2, -0.15) is 24.0 Å². The zero-order valence-corrected chi connectivity index (χ0v) is 17.2. The summed E-state index contributed by atoms with van der Waals surface area (Å²) in [5, 5.41) is 12.6. The topological polar surface area (TPSA) is 70.8 Å². The van der Waals surface area contributed by atoms with Gasteiger partial charge in [0.1, 0.15) is 11.9 Å². The van der Waals surface area contributed by atoms with E-state index in [1.807, 2.05) is 25.1 Å². The summed E-state index contributed by atoms with van der Waals surface area (Å²) in [5.41, 5.74) is 2.51. The molecule has 154 valence electrons. The third kappa shape index (κ3) is 5.02. The van der Waals surface area contributed by atoms with E-state index in [0.29, 0.717) is 35.1 Å². The maximum absolute atomic E-state index is 13.7. The van der Waals surface area contributed by atoms with Crippen LogP contribution in [0.25, 0.3) is 11.3 Å². The Bertz CT molecular complexity index is 1100. The summed E-state index contributed by atoms with van der Waals surface area (Å²) in [6, 6.07) is 14.2. The molecule has 5 nitrogen and oxygen atoms in total. The fourth-order valence-electron chi connectivity index (χ4n) is 2.87. The molecule has 2 aromatic carbocycles. The molecule has 1 heterocycles. The highest BCUT2D eigenvalue weighted by atomic mass is 35.5. The van der Waals surface area contributed by atoms with Crippen molar-refractivity contribution in [1.82, 2.24) is 9.97 Å². The second-order valence-corrected chi connectivity index (χ2v) is 7.07. The summed E-state index contributed by atoms with van der Waals surface area (Å²) in [5.74, 6) is -3.10. The van der Waals surface area contributed by atoms with E-state index in [-0.39, 0.29) is 6.01 Å². The molecule has 0 spiro atoms. The van der Waals surface area contributed by atoms with Gasteiger partial charge in [0.05, 0.1) is 12.8 Å². The number of ether oxygens (including phenoxy) is 1. The van der Waals surface area contributed by atoms with Gasteiger partial charge in [-0.15, -0.1) is 0 Å². The fraction of sp³-hybridized carbons (Fsp3) is 0.227. The Morgan fingerprint density at radius 1 is 1.17 bits per heavy atom. The molecule has 8 heteroatoms. The van der Waals surface area contributed by atoms with Crippen LogP contribution >= 0.6 is 11.6 Å². The number of aromatic nitrogens is 2. The molecule has 0 bridgehead atoms. The van der Waals surface area contributed by atoms with Crippen LogP contribution in [-0.4, -0.2) is 23.6 Å². The number of anilines is 1. The lowest BCUT2D eigenvalue weighted by Crippen LogP contribution is -2.10. The SMILES string of the molecule is COc1nc(NCCc2ccc(C)cc2Cl)cc(-c2cccc(C(F)(F)C#N)c2)n1. The second-order valence-electron chi connectivity index (χ2n) is 6.66. The van der Waals surface area contributed by atoms with E-state index in [4.69, 9.17) is 21.6 Å². The first-order valence-electron chi connectivity index (χ1n) is 9.14. The van der Waals surface area contributed by atoms with Crippen molar-refractivity contribution in [2.24, 2.45) is 0 Å². The zero-order valence-electron chi connectivity index (χ0n) is 16.4. The van der Waals surface area contributed by atoms with Crippen LogP contribution in [-0.2, 0) is 12.3 Å². The van der Waals surface area contributed by atoms with E-state index < -0.39 is 11.5 Å². The van der Waals surface area contributed by atoms with Crippen molar-refractivity contribution in [3.05, 3.63) is 70.2 Å². The lowest BCUT2D eigenvalue weighted by atomic mass is 10.0. The highest BCUT2D eigenvalue weighted by Gasteiger charge is 2.31. The minimum Gasteiger partial charge on any atom is -0.467 e. The molecule has 30 heavy (non-hydrogen) atoms. The molecule has 0 radical (unpaired) electrons. The molecule has 3 rings (SSSR count). The number of hydrogen-bond donors (Lipinski definition) is 1. The Hall–Kier alpha value is -3.24. The first kappa shape index (κ1) is 21.5. The molecular weight excluding hydrogens is 410 g/mol. The molecule has 0 saturated heterocycles. The van der Waals surface area contributed by atoms with Gasteiger partial charge in [-0.05, 0) is 36.6 Å². The summed E-state index contributed by atoms with van der Waals surface area (Å²) in [6.07, 6.45) is 0.671. The van der Waals surface area contributed by atoms with E-state index in [1.54, 1.807) is 12.1 Å². The maximum atomic E-state index is 13.7. The molecule has 0 aliphatic heterocycles. The van der Waals surface area contributed by atoms with Crippen LogP contribution in [0.3, 0.4) is 0 Å². The summed E-state index contributed by atoms with van der Waals surface area (Å²) in [6.45, 7) is 2.53. The van der Waals surface area contributed by atoms with E-state index in [2.05, 4.69) is 15.3 Å². The molecule has 3 aromatic rings. The normalized spacial score (nSPS) is 11.1. The van der Waals surface area contributed by atoms with Crippen LogP contribution in [0.15, 0.2) is 48.5 Å². The third-order valence-electron chi connectivity index (χ3n) is 4.46. The van der Waals surface area contributed by atoms with Crippen molar-refractivity contribution in [3.8, 4) is 23.3 Å². The molecule has 0 aliphatic carbocycles. The quantitative estimate of drug-likeness (QED) is 0.546. The lowest BCUT2D eigenvalue weighted by molar-refractivity contribution is 0.0613. The summed E-state index contributed by atoms with van der Waals surface area (Å²) in [4.78, 5) is 8.49. The highest BCUT2D eigenvalue weighted by molar-refractivity contribution is 6.31. The Balaban J connectivity index is 1.82. The highest BCUT2D eigenvalue weighted by Crippen LogP contribution is 2.31. The Morgan fingerprint density at radius 3 is 2.67 bits per heavy atom. The number of nitrogens with zero attached hydrogens (tertiary/aromatic N) is 3. The number of halogens is 3. The van der Waals surface area contributed by atoms with Gasteiger partial charge in [0.25, 0.3) is 0 Å². The number of aryl methyl sites for hydroxylation is 1. The van der Waals surface area contributed by atoms with E-state index >= 15 is 0 Å². The lowest BCUT2D eigenvalue weighted by Gasteiger charge is -2.12. The Labute approximate surface area is 178 Å². The van der Waals surface area contributed by atoms with Crippen molar-refractivity contribution in [1.29, 1.82) is 5.26 Å². The van der Waals surface area contributed by atoms with Crippen LogP contribution < -0.4 is 10.1 Å². The molecule has 0 unspecified atom stereocenters. The standard InChI is InChI=1S/C22H19ClF2N4O/c1-14-6-7-15(18(23)10-14)8-9-27-20-12-19(28-21(29-20)30-2)16-4-3-5-17(11-16)22(24,25)13-26/h3-7,10-12H,8-9H2,1-2H3,(H,27,28,29). The number of hydrogen-bond acceptors (Lipinski definition) is 5. The van der Waals surface area contributed by atoms with Gasteiger partial charge >= 0.3 is 11.9 Å². The van der Waals surface area contributed by atoms with Crippen LogP contribution in [0.4, 0.5) is 14.6 Å². The smallest absolute Gasteiger partial charge is 0.357 e. The van der Waals surface area contributed by atoms with Crippen LogP contribution in [0.1, 0.15) is 16.7 Å². The molecule has 1 aromatic heterocycles. The molecule has 0 aliphatic rings. The van der Waals surface area contributed by atoms with Crippen LogP contribution in [0.2, 0.25) is 5.02 Å². The van der Waals surface area contributed by atoms with Crippen molar-refractivity contribution in [3.63, 3.8) is 0 Å². The van der Waals surface area contributed by atoms with Crippen LogP contribution in [0.5, 0.6) is 6.01 Å². The van der Waals surface area contributed by atoms with Crippen LogP contribution in [0, 0.1) is 18.3 Å². The van der Waals surface area contributed by atoms with Crippen molar-refractivity contribution in [2.45, 2.75) is 19.3 Å². The predicted molar refractivity (Wildman–Crippen MR) is 112 cm³/mol. The van der Waals surface area contributed by atoms with E-state index in [9.17, 15) is 8.78 Å². The van der Waals surface area contributed by atoms with Gasteiger partial charge < -0.3 is 10.1 Å². The monoisotopic (exact) mass is 428 g/mol. The molecule has 0 amide bonds. The largest absolute Gasteiger partial charge is 0.467 e. The third-order valence-corrected chi connectivity index (χ3v) is 4.81. The fourth-order valence-corrected chi connectivity index (χ4v) is 3.20. The van der Waals surface area contributed by atoms with Gasteiger partial charge in [-0.3, -0.25) is 0 Å². The first-order valence-corrected chi connectivity index (χ1v) is 9.52. The molecule has 1 N–H and O–H groups in total. The summed E-state index contributed by atoms with van der Waals surface area (Å²) in [7, 11) is 1.43. The maximum Gasteiger partial charge on any atom is 0.357 e. The van der Waals surface area contributed by atoms with E-state index in [0.717, 1.165) is 17.2 Å². The minimum atomic E-state index is -3.58. The average molecular weight is 429 g/mol. The molecule has 0 fully saturated rings. The van der Waals surface area contributed by atoms with Gasteiger partial charge in [-0.25, -0.2) is 0 Å². The molecule has 0 atom stereocenters. The zero-order chi connectivity index (χ0) is 21.7. The Kier molecular flexibility index (Phi) is 6.48. The number of alkyl halides is 2. The van der Waals surface area contributed by atoms with Gasteiger partial charge in [0.2, 0.25) is 0 Å².